The van der Waals surface area contributed by atoms with Crippen LogP contribution in [0.1, 0.15) is 23.2 Å². The lowest BCUT2D eigenvalue weighted by Gasteiger charge is -2.22. The summed E-state index contributed by atoms with van der Waals surface area (Å²) in [5.41, 5.74) is 0.326. The van der Waals surface area contributed by atoms with E-state index in [1.54, 1.807) is 18.2 Å². The highest BCUT2D eigenvalue weighted by Gasteiger charge is 2.28. The number of rotatable bonds is 3. The first kappa shape index (κ1) is 14.5. The molecule has 0 aromatic heterocycles. The summed E-state index contributed by atoms with van der Waals surface area (Å²) in [6, 6.07) is 4.35. The molecular weight excluding hydrogens is 328 g/mol. The highest BCUT2D eigenvalue weighted by Crippen LogP contribution is 2.28. The normalized spacial score (nSPS) is 18.4. The van der Waals surface area contributed by atoms with E-state index in [0.717, 1.165) is 0 Å². The van der Waals surface area contributed by atoms with Crippen molar-refractivity contribution in [3.8, 4) is 5.75 Å². The second-order valence-corrected chi connectivity index (χ2v) is 5.15. The van der Waals surface area contributed by atoms with Crippen LogP contribution in [0.4, 0.5) is 0 Å². The van der Waals surface area contributed by atoms with Crippen molar-refractivity contribution < 1.29 is 19.1 Å². The van der Waals surface area contributed by atoms with Crippen LogP contribution in [0.25, 0.3) is 0 Å². The summed E-state index contributed by atoms with van der Waals surface area (Å²) in [4.78, 5) is 34.8. The molecule has 1 fully saturated rings. The number of carbonyl (C=O) groups is 3. The molecule has 1 saturated heterocycles. The van der Waals surface area contributed by atoms with Gasteiger partial charge in [-0.05, 0) is 34.5 Å². The lowest BCUT2D eigenvalue weighted by atomic mass is 10.1. The molecule has 2 N–H and O–H groups in total. The number of amides is 3. The number of halogens is 1. The van der Waals surface area contributed by atoms with Gasteiger partial charge in [-0.3, -0.25) is 19.7 Å². The van der Waals surface area contributed by atoms with Gasteiger partial charge in [0.15, 0.2) is 0 Å². The number of piperidine rings is 1. The molecule has 1 aliphatic heterocycles. The Kier molecular flexibility index (Phi) is 4.39. The van der Waals surface area contributed by atoms with Gasteiger partial charge in [-0.25, -0.2) is 0 Å². The third kappa shape index (κ3) is 2.98. The van der Waals surface area contributed by atoms with Crippen LogP contribution in [0.3, 0.4) is 0 Å². The minimum absolute atomic E-state index is 0.215. The van der Waals surface area contributed by atoms with Gasteiger partial charge in [-0.1, -0.05) is 6.07 Å². The number of hydrogen-bond donors (Lipinski definition) is 2. The second kappa shape index (κ2) is 6.04. The molecule has 1 aliphatic rings. The topological polar surface area (TPSA) is 84.5 Å². The maximum atomic E-state index is 12.2. The molecule has 0 bridgehead atoms. The number of carbonyl (C=O) groups excluding carboxylic acids is 3. The maximum Gasteiger partial charge on any atom is 0.255 e. The van der Waals surface area contributed by atoms with E-state index in [9.17, 15) is 14.4 Å². The fourth-order valence-electron chi connectivity index (χ4n) is 1.96. The monoisotopic (exact) mass is 340 g/mol. The highest BCUT2D eigenvalue weighted by molar-refractivity contribution is 9.10. The van der Waals surface area contributed by atoms with Crippen LogP contribution < -0.4 is 15.4 Å². The van der Waals surface area contributed by atoms with E-state index in [1.165, 1.54) is 7.11 Å². The number of hydrogen-bond acceptors (Lipinski definition) is 4. The van der Waals surface area contributed by atoms with E-state index in [-0.39, 0.29) is 12.3 Å². The smallest absolute Gasteiger partial charge is 0.255 e. The molecule has 106 valence electrons. The van der Waals surface area contributed by atoms with E-state index in [0.29, 0.717) is 22.2 Å². The fraction of sp³-hybridized carbons (Fsp3) is 0.308. The van der Waals surface area contributed by atoms with Crippen molar-refractivity contribution >= 4 is 33.7 Å². The zero-order valence-electron chi connectivity index (χ0n) is 10.7. The number of ether oxygens (including phenoxy) is 1. The van der Waals surface area contributed by atoms with Gasteiger partial charge in [-0.2, -0.15) is 0 Å². The Hall–Kier alpha value is -1.89. The standard InChI is InChI=1S/C13H13BrN2O4/c1-20-11-7(3-2-4-8(11)14)12(18)15-9-5-6-10(17)16-13(9)19/h2-4,9H,5-6H2,1H3,(H,15,18)(H,16,17,19). The van der Waals surface area contributed by atoms with Crippen molar-refractivity contribution in [3.05, 3.63) is 28.2 Å². The molecular formula is C13H13BrN2O4. The Morgan fingerprint density at radius 2 is 2.20 bits per heavy atom. The largest absolute Gasteiger partial charge is 0.495 e. The molecule has 0 saturated carbocycles. The molecule has 2 rings (SSSR count). The van der Waals surface area contributed by atoms with Crippen LogP contribution in [0, 0.1) is 0 Å². The van der Waals surface area contributed by atoms with Crippen molar-refractivity contribution in [2.45, 2.75) is 18.9 Å². The van der Waals surface area contributed by atoms with Gasteiger partial charge in [0.25, 0.3) is 5.91 Å². The Bertz CT molecular complexity index is 573. The number of methoxy groups -OCH3 is 1. The molecule has 0 aliphatic carbocycles. The zero-order chi connectivity index (χ0) is 14.7. The predicted molar refractivity (Wildman–Crippen MR) is 74.3 cm³/mol. The van der Waals surface area contributed by atoms with Crippen LogP contribution in [0.2, 0.25) is 0 Å². The molecule has 0 spiro atoms. The molecule has 1 unspecified atom stereocenters. The number of benzene rings is 1. The predicted octanol–water partition coefficient (Wildman–Crippen LogP) is 0.993. The number of para-hydroxylation sites is 1. The number of imide groups is 1. The second-order valence-electron chi connectivity index (χ2n) is 4.30. The lowest BCUT2D eigenvalue weighted by molar-refractivity contribution is -0.134. The molecule has 0 radical (unpaired) electrons. The Labute approximate surface area is 124 Å². The molecule has 1 aromatic rings. The fourth-order valence-corrected chi connectivity index (χ4v) is 2.49. The molecule has 1 atom stereocenters. The molecule has 1 aromatic carbocycles. The SMILES string of the molecule is COc1c(Br)cccc1C(=O)NC1CCC(=O)NC1=O. The highest BCUT2D eigenvalue weighted by atomic mass is 79.9. The molecule has 3 amide bonds. The summed E-state index contributed by atoms with van der Waals surface area (Å²) in [7, 11) is 1.46. The summed E-state index contributed by atoms with van der Waals surface area (Å²) >= 11 is 3.29. The molecule has 7 heteroatoms. The van der Waals surface area contributed by atoms with Gasteiger partial charge in [0, 0.05) is 6.42 Å². The van der Waals surface area contributed by atoms with Gasteiger partial charge >= 0.3 is 0 Å². The van der Waals surface area contributed by atoms with E-state index in [1.807, 2.05) is 0 Å². The van der Waals surface area contributed by atoms with Crippen molar-refractivity contribution in [1.82, 2.24) is 10.6 Å². The van der Waals surface area contributed by atoms with Crippen LogP contribution in [-0.2, 0) is 9.59 Å². The van der Waals surface area contributed by atoms with Crippen LogP contribution >= 0.6 is 15.9 Å². The van der Waals surface area contributed by atoms with Crippen molar-refractivity contribution in [1.29, 1.82) is 0 Å². The maximum absolute atomic E-state index is 12.2. The quantitative estimate of drug-likeness (QED) is 0.803. The zero-order valence-corrected chi connectivity index (χ0v) is 12.3. The minimum Gasteiger partial charge on any atom is -0.495 e. The average molecular weight is 341 g/mol. The van der Waals surface area contributed by atoms with Crippen LogP contribution in [0.15, 0.2) is 22.7 Å². The first-order valence-electron chi connectivity index (χ1n) is 6.00. The first-order valence-corrected chi connectivity index (χ1v) is 6.79. The van der Waals surface area contributed by atoms with Gasteiger partial charge in [0.1, 0.15) is 11.8 Å². The van der Waals surface area contributed by atoms with Crippen LogP contribution in [0.5, 0.6) is 5.75 Å². The summed E-state index contributed by atoms with van der Waals surface area (Å²) < 4.78 is 5.82. The Morgan fingerprint density at radius 3 is 2.85 bits per heavy atom. The van der Waals surface area contributed by atoms with E-state index < -0.39 is 17.9 Å². The van der Waals surface area contributed by atoms with E-state index in [4.69, 9.17) is 4.74 Å². The average Bonchev–Trinajstić information content (AvgIpc) is 2.41. The van der Waals surface area contributed by atoms with Gasteiger partial charge in [-0.15, -0.1) is 0 Å². The molecule has 20 heavy (non-hydrogen) atoms. The Balaban J connectivity index is 2.15. The van der Waals surface area contributed by atoms with E-state index >= 15 is 0 Å². The third-order valence-electron chi connectivity index (χ3n) is 2.96. The van der Waals surface area contributed by atoms with Crippen molar-refractivity contribution in [2.24, 2.45) is 0 Å². The Morgan fingerprint density at radius 1 is 1.45 bits per heavy atom. The summed E-state index contributed by atoms with van der Waals surface area (Å²) in [5.74, 6) is -0.820. The van der Waals surface area contributed by atoms with Crippen LogP contribution in [-0.4, -0.2) is 30.9 Å². The summed E-state index contributed by atoms with van der Waals surface area (Å²) in [6.45, 7) is 0. The summed E-state index contributed by atoms with van der Waals surface area (Å²) in [5, 5.41) is 4.80. The minimum atomic E-state index is -0.705. The molecule has 1 heterocycles. The van der Waals surface area contributed by atoms with Gasteiger partial charge < -0.3 is 10.1 Å². The van der Waals surface area contributed by atoms with E-state index in [2.05, 4.69) is 26.6 Å². The number of nitrogens with one attached hydrogen (secondary N) is 2. The van der Waals surface area contributed by atoms with Gasteiger partial charge in [0.05, 0.1) is 17.1 Å². The van der Waals surface area contributed by atoms with Gasteiger partial charge in [0.2, 0.25) is 11.8 Å². The third-order valence-corrected chi connectivity index (χ3v) is 3.58. The molecule has 6 nitrogen and oxygen atoms in total. The summed E-state index contributed by atoms with van der Waals surface area (Å²) in [6.07, 6.45) is 0.513. The van der Waals surface area contributed by atoms with Crippen molar-refractivity contribution in [2.75, 3.05) is 7.11 Å². The van der Waals surface area contributed by atoms with Crippen molar-refractivity contribution in [3.63, 3.8) is 0 Å². The lowest BCUT2D eigenvalue weighted by Crippen LogP contribution is -2.52. The first-order chi connectivity index (χ1) is 9.52.